The topological polar surface area (TPSA) is 50.2 Å². The molecule has 0 aliphatic heterocycles. The monoisotopic (exact) mass is 258 g/mol. The summed E-state index contributed by atoms with van der Waals surface area (Å²) >= 11 is 6.15. The Morgan fingerprint density at radius 2 is 2.18 bits per heavy atom. The van der Waals surface area contributed by atoms with Gasteiger partial charge in [0.2, 0.25) is 5.91 Å². The molecule has 0 aromatic carbocycles. The Kier molecular flexibility index (Phi) is 4.96. The molecule has 0 bridgehead atoms. The number of carbonyl (C=O) groups excluding carboxylic acids is 1. The van der Waals surface area contributed by atoms with Crippen LogP contribution >= 0.6 is 11.6 Å². The molecule has 0 aliphatic rings. The van der Waals surface area contributed by atoms with Gasteiger partial charge in [0.15, 0.2) is 0 Å². The highest BCUT2D eigenvalue weighted by Gasteiger charge is 2.12. The predicted molar refractivity (Wildman–Crippen MR) is 68.0 cm³/mol. The predicted octanol–water partition coefficient (Wildman–Crippen LogP) is 1.04. The molecular weight excluding hydrogens is 240 g/mol. The maximum Gasteiger partial charge on any atom is 0.236 e. The molecule has 96 valence electrons. The first-order chi connectivity index (χ1) is 7.97. The standard InChI is InChI=1S/C11H19ClN4O/c1-5-16-9(11(12)8(2)14-16)6-13-7-10(17)15(3)4/h13H,5-7H2,1-4H3. The smallest absolute Gasteiger partial charge is 0.236 e. The first-order valence-corrected chi connectivity index (χ1v) is 5.97. The van der Waals surface area contributed by atoms with E-state index in [1.54, 1.807) is 19.0 Å². The zero-order chi connectivity index (χ0) is 13.0. The Bertz CT molecular complexity index is 400. The second kappa shape index (κ2) is 6.02. The molecule has 0 saturated carbocycles. The summed E-state index contributed by atoms with van der Waals surface area (Å²) in [7, 11) is 3.47. The molecule has 1 rings (SSSR count). The van der Waals surface area contributed by atoms with Gasteiger partial charge in [0.1, 0.15) is 0 Å². The van der Waals surface area contributed by atoms with Crippen molar-refractivity contribution in [2.24, 2.45) is 0 Å². The average molecular weight is 259 g/mol. The summed E-state index contributed by atoms with van der Waals surface area (Å²) in [5.41, 5.74) is 1.75. The van der Waals surface area contributed by atoms with Gasteiger partial charge in [-0.05, 0) is 13.8 Å². The first kappa shape index (κ1) is 14.0. The SMILES string of the molecule is CCn1nc(C)c(Cl)c1CNCC(=O)N(C)C. The molecule has 0 spiro atoms. The van der Waals surface area contributed by atoms with Crippen LogP contribution in [0, 0.1) is 6.92 Å². The van der Waals surface area contributed by atoms with E-state index in [-0.39, 0.29) is 5.91 Å². The van der Waals surface area contributed by atoms with Crippen molar-refractivity contribution < 1.29 is 4.79 Å². The van der Waals surface area contributed by atoms with Gasteiger partial charge < -0.3 is 10.2 Å². The number of rotatable bonds is 5. The number of aromatic nitrogens is 2. The van der Waals surface area contributed by atoms with Gasteiger partial charge in [0.05, 0.1) is 23.0 Å². The fourth-order valence-corrected chi connectivity index (χ4v) is 1.69. The zero-order valence-corrected chi connectivity index (χ0v) is 11.5. The van der Waals surface area contributed by atoms with Crippen molar-refractivity contribution in [3.8, 4) is 0 Å². The highest BCUT2D eigenvalue weighted by molar-refractivity contribution is 6.31. The van der Waals surface area contributed by atoms with E-state index in [9.17, 15) is 4.79 Å². The molecule has 1 heterocycles. The van der Waals surface area contributed by atoms with E-state index in [1.807, 2.05) is 18.5 Å². The van der Waals surface area contributed by atoms with Gasteiger partial charge in [-0.3, -0.25) is 9.48 Å². The number of amides is 1. The minimum atomic E-state index is 0.0420. The van der Waals surface area contributed by atoms with Crippen molar-refractivity contribution in [1.29, 1.82) is 0 Å². The second-order valence-electron chi connectivity index (χ2n) is 4.05. The lowest BCUT2D eigenvalue weighted by atomic mass is 10.3. The van der Waals surface area contributed by atoms with E-state index >= 15 is 0 Å². The zero-order valence-electron chi connectivity index (χ0n) is 10.7. The number of hydrogen-bond acceptors (Lipinski definition) is 3. The van der Waals surface area contributed by atoms with Crippen molar-refractivity contribution in [3.05, 3.63) is 16.4 Å². The van der Waals surface area contributed by atoms with Crippen LogP contribution in [0.1, 0.15) is 18.3 Å². The van der Waals surface area contributed by atoms with Crippen LogP contribution in [-0.2, 0) is 17.9 Å². The quantitative estimate of drug-likeness (QED) is 0.859. The Morgan fingerprint density at radius 1 is 1.53 bits per heavy atom. The molecule has 0 unspecified atom stereocenters. The van der Waals surface area contributed by atoms with Crippen LogP contribution in [0.4, 0.5) is 0 Å². The molecular formula is C11H19ClN4O. The number of halogens is 1. The Balaban J connectivity index is 2.60. The second-order valence-corrected chi connectivity index (χ2v) is 4.43. The average Bonchev–Trinajstić information content (AvgIpc) is 2.56. The maximum atomic E-state index is 11.4. The Hall–Kier alpha value is -1.07. The van der Waals surface area contributed by atoms with Crippen molar-refractivity contribution in [1.82, 2.24) is 20.0 Å². The van der Waals surface area contributed by atoms with E-state index in [2.05, 4.69) is 10.4 Å². The summed E-state index contributed by atoms with van der Waals surface area (Å²) in [5, 5.41) is 8.06. The van der Waals surface area contributed by atoms with Crippen LogP contribution in [-0.4, -0.2) is 41.2 Å². The van der Waals surface area contributed by atoms with E-state index in [0.29, 0.717) is 18.1 Å². The molecule has 1 N–H and O–H groups in total. The fraction of sp³-hybridized carbons (Fsp3) is 0.636. The summed E-state index contributed by atoms with van der Waals surface area (Å²) in [4.78, 5) is 12.9. The van der Waals surface area contributed by atoms with E-state index < -0.39 is 0 Å². The lowest BCUT2D eigenvalue weighted by molar-refractivity contribution is -0.127. The molecule has 5 nitrogen and oxygen atoms in total. The third-order valence-electron chi connectivity index (χ3n) is 2.52. The summed E-state index contributed by atoms with van der Waals surface area (Å²) in [5.74, 6) is 0.0420. The van der Waals surface area contributed by atoms with Crippen molar-refractivity contribution in [2.45, 2.75) is 26.9 Å². The molecule has 0 radical (unpaired) electrons. The molecule has 6 heteroatoms. The van der Waals surface area contributed by atoms with Crippen molar-refractivity contribution in [3.63, 3.8) is 0 Å². The summed E-state index contributed by atoms with van der Waals surface area (Å²) < 4.78 is 1.85. The highest BCUT2D eigenvalue weighted by atomic mass is 35.5. The molecule has 17 heavy (non-hydrogen) atoms. The van der Waals surface area contributed by atoms with Gasteiger partial charge in [-0.1, -0.05) is 11.6 Å². The van der Waals surface area contributed by atoms with Crippen LogP contribution in [0.15, 0.2) is 0 Å². The molecule has 0 fully saturated rings. The van der Waals surface area contributed by atoms with Crippen molar-refractivity contribution in [2.75, 3.05) is 20.6 Å². The van der Waals surface area contributed by atoms with Crippen LogP contribution in [0.3, 0.4) is 0 Å². The number of likely N-dealkylation sites (N-methyl/N-ethyl adjacent to an activating group) is 1. The van der Waals surface area contributed by atoms with Gasteiger partial charge in [-0.2, -0.15) is 5.10 Å². The van der Waals surface area contributed by atoms with Gasteiger partial charge in [0, 0.05) is 27.2 Å². The number of aryl methyl sites for hydroxylation is 2. The largest absolute Gasteiger partial charge is 0.348 e. The van der Waals surface area contributed by atoms with Gasteiger partial charge in [0.25, 0.3) is 0 Å². The van der Waals surface area contributed by atoms with Crippen LogP contribution in [0.5, 0.6) is 0 Å². The third kappa shape index (κ3) is 3.44. The molecule has 1 aromatic rings. The van der Waals surface area contributed by atoms with E-state index in [4.69, 9.17) is 11.6 Å². The van der Waals surface area contributed by atoms with Crippen LogP contribution in [0.25, 0.3) is 0 Å². The van der Waals surface area contributed by atoms with Crippen molar-refractivity contribution >= 4 is 17.5 Å². The minimum absolute atomic E-state index is 0.0420. The minimum Gasteiger partial charge on any atom is -0.348 e. The summed E-state index contributed by atoms with van der Waals surface area (Å²) in [6, 6.07) is 0. The number of hydrogen-bond donors (Lipinski definition) is 1. The van der Waals surface area contributed by atoms with Crippen LogP contribution in [0.2, 0.25) is 5.02 Å². The van der Waals surface area contributed by atoms with E-state index in [1.165, 1.54) is 0 Å². The number of nitrogens with one attached hydrogen (secondary N) is 1. The number of nitrogens with zero attached hydrogens (tertiary/aromatic N) is 3. The number of carbonyl (C=O) groups is 1. The van der Waals surface area contributed by atoms with Gasteiger partial charge in [-0.15, -0.1) is 0 Å². The summed E-state index contributed by atoms with van der Waals surface area (Å²) in [6.45, 7) is 5.51. The fourth-order valence-electron chi connectivity index (χ4n) is 1.48. The van der Waals surface area contributed by atoms with Crippen LogP contribution < -0.4 is 5.32 Å². The molecule has 0 aliphatic carbocycles. The summed E-state index contributed by atoms with van der Waals surface area (Å²) in [6.07, 6.45) is 0. The van der Waals surface area contributed by atoms with E-state index in [0.717, 1.165) is 17.9 Å². The Labute approximate surface area is 107 Å². The molecule has 0 saturated heterocycles. The first-order valence-electron chi connectivity index (χ1n) is 5.60. The normalized spacial score (nSPS) is 10.6. The lowest BCUT2D eigenvalue weighted by Gasteiger charge is -2.11. The third-order valence-corrected chi connectivity index (χ3v) is 3.01. The molecule has 1 amide bonds. The maximum absolute atomic E-state index is 11.4. The highest BCUT2D eigenvalue weighted by Crippen LogP contribution is 2.19. The molecule has 1 aromatic heterocycles. The lowest BCUT2D eigenvalue weighted by Crippen LogP contribution is -2.33. The molecule has 0 atom stereocenters. The van der Waals surface area contributed by atoms with Gasteiger partial charge in [-0.25, -0.2) is 0 Å². The Morgan fingerprint density at radius 3 is 2.71 bits per heavy atom. The van der Waals surface area contributed by atoms with Gasteiger partial charge >= 0.3 is 0 Å².